The fraction of sp³-hybridized carbons (Fsp3) is 0.529. The average molecular weight is 325 g/mol. The van der Waals surface area contributed by atoms with Crippen molar-refractivity contribution < 1.29 is 0 Å². The molecule has 0 saturated carbocycles. The van der Waals surface area contributed by atoms with Crippen LogP contribution >= 0.6 is 0 Å². The Kier molecular flexibility index (Phi) is 4.40. The predicted molar refractivity (Wildman–Crippen MR) is 94.6 cm³/mol. The molecule has 4 rings (SSSR count). The second-order valence-corrected chi connectivity index (χ2v) is 6.34. The van der Waals surface area contributed by atoms with E-state index in [-0.39, 0.29) is 0 Å². The Morgan fingerprint density at radius 3 is 1.75 bits per heavy atom. The van der Waals surface area contributed by atoms with Crippen LogP contribution in [0.5, 0.6) is 0 Å². The molecule has 2 aromatic heterocycles. The highest BCUT2D eigenvalue weighted by Crippen LogP contribution is 2.20. The minimum Gasteiger partial charge on any atom is -0.355 e. The lowest BCUT2D eigenvalue weighted by molar-refractivity contribution is 0.570. The van der Waals surface area contributed by atoms with Crippen molar-refractivity contribution in [1.82, 2.24) is 20.2 Å². The van der Waals surface area contributed by atoms with Gasteiger partial charge in [0.15, 0.2) is 11.6 Å². The number of piperazine rings is 1. The Balaban J connectivity index is 1.37. The Bertz CT molecular complexity index is 632. The summed E-state index contributed by atoms with van der Waals surface area (Å²) in [5, 5.41) is 8.92. The third-order valence-corrected chi connectivity index (χ3v) is 4.79. The maximum absolute atomic E-state index is 4.46. The molecule has 2 aromatic rings. The molecular weight excluding hydrogens is 302 g/mol. The van der Waals surface area contributed by atoms with Crippen LogP contribution in [0.15, 0.2) is 30.7 Å². The van der Waals surface area contributed by atoms with Crippen molar-refractivity contribution in [2.75, 3.05) is 54.0 Å². The molecule has 126 valence electrons. The van der Waals surface area contributed by atoms with Gasteiger partial charge in [0.2, 0.25) is 0 Å². The van der Waals surface area contributed by atoms with Gasteiger partial charge in [0.05, 0.1) is 6.20 Å². The number of aromatic nitrogens is 4. The van der Waals surface area contributed by atoms with E-state index in [0.29, 0.717) is 0 Å². The SMILES string of the molecule is c1cnc(N2CCN(c3ccc(N4CCCCC4)nn3)CC2)cn1. The molecule has 0 N–H and O–H groups in total. The summed E-state index contributed by atoms with van der Waals surface area (Å²) < 4.78 is 0. The third kappa shape index (κ3) is 3.25. The molecule has 2 aliphatic heterocycles. The van der Waals surface area contributed by atoms with Gasteiger partial charge in [0.25, 0.3) is 0 Å². The van der Waals surface area contributed by atoms with E-state index in [1.54, 1.807) is 12.4 Å². The van der Waals surface area contributed by atoms with Crippen molar-refractivity contribution >= 4 is 17.5 Å². The zero-order chi connectivity index (χ0) is 16.2. The lowest BCUT2D eigenvalue weighted by Gasteiger charge is -2.35. The quantitative estimate of drug-likeness (QED) is 0.849. The normalized spacial score (nSPS) is 18.8. The first kappa shape index (κ1) is 15.1. The van der Waals surface area contributed by atoms with Crippen molar-refractivity contribution in [3.63, 3.8) is 0 Å². The van der Waals surface area contributed by atoms with Crippen LogP contribution in [0.1, 0.15) is 19.3 Å². The van der Waals surface area contributed by atoms with Crippen LogP contribution < -0.4 is 14.7 Å². The van der Waals surface area contributed by atoms with Crippen LogP contribution in [0.3, 0.4) is 0 Å². The minimum absolute atomic E-state index is 0.925. The lowest BCUT2D eigenvalue weighted by Crippen LogP contribution is -2.47. The van der Waals surface area contributed by atoms with E-state index in [1.807, 2.05) is 6.20 Å². The number of rotatable bonds is 3. The molecule has 0 atom stereocenters. The van der Waals surface area contributed by atoms with Gasteiger partial charge >= 0.3 is 0 Å². The van der Waals surface area contributed by atoms with Gasteiger partial charge in [-0.2, -0.15) is 0 Å². The topological polar surface area (TPSA) is 61.3 Å². The first-order valence-electron chi connectivity index (χ1n) is 8.75. The van der Waals surface area contributed by atoms with E-state index in [0.717, 1.165) is 56.7 Å². The highest BCUT2D eigenvalue weighted by Gasteiger charge is 2.20. The lowest BCUT2D eigenvalue weighted by atomic mass is 10.1. The van der Waals surface area contributed by atoms with Gasteiger partial charge in [-0.3, -0.25) is 4.98 Å². The molecule has 0 bridgehead atoms. The zero-order valence-electron chi connectivity index (χ0n) is 13.9. The average Bonchev–Trinajstić information content (AvgIpc) is 2.70. The fourth-order valence-corrected chi connectivity index (χ4v) is 3.40. The number of anilines is 3. The molecule has 7 heteroatoms. The second-order valence-electron chi connectivity index (χ2n) is 6.34. The van der Waals surface area contributed by atoms with Gasteiger partial charge in [0.1, 0.15) is 5.82 Å². The third-order valence-electron chi connectivity index (χ3n) is 4.79. The van der Waals surface area contributed by atoms with Gasteiger partial charge in [-0.1, -0.05) is 0 Å². The highest BCUT2D eigenvalue weighted by atomic mass is 15.3. The summed E-state index contributed by atoms with van der Waals surface area (Å²) in [4.78, 5) is 15.4. The summed E-state index contributed by atoms with van der Waals surface area (Å²) in [5.74, 6) is 2.93. The molecule has 24 heavy (non-hydrogen) atoms. The monoisotopic (exact) mass is 325 g/mol. The molecule has 2 fully saturated rings. The van der Waals surface area contributed by atoms with Crippen LogP contribution in [0.2, 0.25) is 0 Å². The Hall–Kier alpha value is -2.44. The zero-order valence-corrected chi connectivity index (χ0v) is 13.9. The fourth-order valence-electron chi connectivity index (χ4n) is 3.40. The Labute approximate surface area is 142 Å². The molecule has 0 aromatic carbocycles. The summed E-state index contributed by atoms with van der Waals surface area (Å²) >= 11 is 0. The smallest absolute Gasteiger partial charge is 0.151 e. The van der Waals surface area contributed by atoms with Gasteiger partial charge in [-0.05, 0) is 31.4 Å². The molecule has 0 radical (unpaired) electrons. The van der Waals surface area contributed by atoms with E-state index in [4.69, 9.17) is 0 Å². The number of hydrogen-bond donors (Lipinski definition) is 0. The van der Waals surface area contributed by atoms with Gasteiger partial charge < -0.3 is 14.7 Å². The molecular formula is C17H23N7. The van der Waals surface area contributed by atoms with E-state index in [2.05, 4.69) is 47.0 Å². The summed E-state index contributed by atoms with van der Waals surface area (Å²) in [6, 6.07) is 4.22. The molecule has 0 aliphatic carbocycles. The summed E-state index contributed by atoms with van der Waals surface area (Å²) in [6.45, 7) is 5.90. The number of piperidine rings is 1. The predicted octanol–water partition coefficient (Wildman–Crippen LogP) is 1.58. The molecule has 4 heterocycles. The van der Waals surface area contributed by atoms with Crippen molar-refractivity contribution in [2.45, 2.75) is 19.3 Å². The summed E-state index contributed by atoms with van der Waals surface area (Å²) in [6.07, 6.45) is 9.12. The number of nitrogens with zero attached hydrogens (tertiary/aromatic N) is 7. The molecule has 0 unspecified atom stereocenters. The van der Waals surface area contributed by atoms with Crippen LogP contribution in [-0.2, 0) is 0 Å². The van der Waals surface area contributed by atoms with Crippen LogP contribution in [0.4, 0.5) is 17.5 Å². The summed E-state index contributed by atoms with van der Waals surface area (Å²) in [7, 11) is 0. The summed E-state index contributed by atoms with van der Waals surface area (Å²) in [5.41, 5.74) is 0. The molecule has 0 spiro atoms. The first-order valence-corrected chi connectivity index (χ1v) is 8.75. The van der Waals surface area contributed by atoms with Crippen LogP contribution in [-0.4, -0.2) is 59.4 Å². The Morgan fingerprint density at radius 1 is 0.625 bits per heavy atom. The van der Waals surface area contributed by atoms with Crippen LogP contribution in [0, 0.1) is 0 Å². The second kappa shape index (κ2) is 6.98. The highest BCUT2D eigenvalue weighted by molar-refractivity contribution is 5.47. The van der Waals surface area contributed by atoms with Gasteiger partial charge in [-0.25, -0.2) is 4.98 Å². The maximum Gasteiger partial charge on any atom is 0.151 e. The van der Waals surface area contributed by atoms with Crippen LogP contribution in [0.25, 0.3) is 0 Å². The first-order chi connectivity index (χ1) is 11.9. The molecule has 2 aliphatic rings. The van der Waals surface area contributed by atoms with E-state index >= 15 is 0 Å². The largest absolute Gasteiger partial charge is 0.355 e. The van der Waals surface area contributed by atoms with Crippen molar-refractivity contribution in [1.29, 1.82) is 0 Å². The van der Waals surface area contributed by atoms with Crippen molar-refractivity contribution in [2.24, 2.45) is 0 Å². The molecule has 0 amide bonds. The van der Waals surface area contributed by atoms with E-state index in [1.165, 1.54) is 19.3 Å². The van der Waals surface area contributed by atoms with Crippen molar-refractivity contribution in [3.05, 3.63) is 30.7 Å². The Morgan fingerprint density at radius 2 is 1.21 bits per heavy atom. The van der Waals surface area contributed by atoms with Gasteiger partial charge in [-0.15, -0.1) is 10.2 Å². The molecule has 2 saturated heterocycles. The van der Waals surface area contributed by atoms with Gasteiger partial charge in [0, 0.05) is 51.7 Å². The number of hydrogen-bond acceptors (Lipinski definition) is 7. The minimum atomic E-state index is 0.925. The van der Waals surface area contributed by atoms with Crippen molar-refractivity contribution in [3.8, 4) is 0 Å². The van der Waals surface area contributed by atoms with E-state index in [9.17, 15) is 0 Å². The molecule has 7 nitrogen and oxygen atoms in total. The van der Waals surface area contributed by atoms with E-state index < -0.39 is 0 Å². The standard InChI is InChI=1S/C17H23N7/c1-2-8-22(9-3-1)15-4-5-16(21-20-15)23-10-12-24(13-11-23)17-14-18-6-7-19-17/h4-7,14H,1-3,8-13H2. The maximum atomic E-state index is 4.46.